The Kier molecular flexibility index (Phi) is 4.98. The van der Waals surface area contributed by atoms with E-state index in [-0.39, 0.29) is 0 Å². The van der Waals surface area contributed by atoms with Gasteiger partial charge in [-0.3, -0.25) is 9.88 Å². The van der Waals surface area contributed by atoms with Crippen molar-refractivity contribution in [2.75, 3.05) is 31.1 Å². The lowest BCUT2D eigenvalue weighted by Crippen LogP contribution is -2.46. The first kappa shape index (κ1) is 18.3. The molecule has 29 heavy (non-hydrogen) atoms. The number of piperazine rings is 1. The largest absolute Gasteiger partial charge is 0.354 e. The van der Waals surface area contributed by atoms with Gasteiger partial charge in [0.2, 0.25) is 0 Å². The summed E-state index contributed by atoms with van der Waals surface area (Å²) in [6, 6.07) is 16.7. The van der Waals surface area contributed by atoms with E-state index < -0.39 is 0 Å². The number of hydrogen-bond acceptors (Lipinski definition) is 5. The maximum absolute atomic E-state index is 5.04. The second kappa shape index (κ2) is 7.91. The van der Waals surface area contributed by atoms with Gasteiger partial charge < -0.3 is 4.90 Å². The second-order valence-corrected chi connectivity index (χ2v) is 8.05. The Hall–Kier alpha value is -2.79. The van der Waals surface area contributed by atoms with E-state index in [1.807, 2.05) is 6.07 Å². The molecule has 5 rings (SSSR count). The van der Waals surface area contributed by atoms with Crippen molar-refractivity contribution in [2.45, 2.75) is 32.7 Å². The normalized spacial score (nSPS) is 16.8. The van der Waals surface area contributed by atoms with Gasteiger partial charge in [-0.2, -0.15) is 0 Å². The molecule has 1 aliphatic heterocycles. The fraction of sp³-hybridized carbons (Fsp3) is 0.375. The average molecular weight is 386 g/mol. The van der Waals surface area contributed by atoms with Gasteiger partial charge in [-0.25, -0.2) is 9.97 Å². The van der Waals surface area contributed by atoms with Crippen molar-refractivity contribution in [1.29, 1.82) is 0 Å². The number of hydrogen-bond donors (Lipinski definition) is 0. The SMILES string of the molecule is Cc1cccc(CN2CCN(c3nc(-c4ccccc4)nc4c3CCC4)CC2)n1. The molecule has 3 heterocycles. The molecular weight excluding hydrogens is 358 g/mol. The number of benzene rings is 1. The zero-order valence-corrected chi connectivity index (χ0v) is 17.0. The predicted molar refractivity (Wildman–Crippen MR) is 116 cm³/mol. The van der Waals surface area contributed by atoms with Crippen LogP contribution < -0.4 is 4.90 Å². The Balaban J connectivity index is 1.35. The molecule has 0 unspecified atom stereocenters. The molecule has 5 nitrogen and oxygen atoms in total. The summed E-state index contributed by atoms with van der Waals surface area (Å²) in [4.78, 5) is 19.6. The van der Waals surface area contributed by atoms with E-state index in [9.17, 15) is 0 Å². The fourth-order valence-corrected chi connectivity index (χ4v) is 4.42. The van der Waals surface area contributed by atoms with Crippen molar-refractivity contribution < 1.29 is 0 Å². The summed E-state index contributed by atoms with van der Waals surface area (Å²) in [5, 5.41) is 0. The quantitative estimate of drug-likeness (QED) is 0.686. The number of pyridine rings is 1. The Labute approximate surface area is 172 Å². The molecule has 0 radical (unpaired) electrons. The minimum Gasteiger partial charge on any atom is -0.354 e. The summed E-state index contributed by atoms with van der Waals surface area (Å²) in [6.45, 7) is 7.06. The lowest BCUT2D eigenvalue weighted by atomic mass is 10.1. The van der Waals surface area contributed by atoms with Gasteiger partial charge in [-0.05, 0) is 38.3 Å². The Bertz CT molecular complexity index is 993. The Morgan fingerprint density at radius 1 is 0.828 bits per heavy atom. The van der Waals surface area contributed by atoms with Gasteiger partial charge >= 0.3 is 0 Å². The number of rotatable bonds is 4. The van der Waals surface area contributed by atoms with E-state index >= 15 is 0 Å². The van der Waals surface area contributed by atoms with E-state index in [0.29, 0.717) is 0 Å². The first-order valence-corrected chi connectivity index (χ1v) is 10.6. The van der Waals surface area contributed by atoms with Crippen molar-refractivity contribution in [3.8, 4) is 11.4 Å². The molecule has 1 aliphatic carbocycles. The van der Waals surface area contributed by atoms with Crippen LogP contribution in [0.4, 0.5) is 5.82 Å². The second-order valence-electron chi connectivity index (χ2n) is 8.05. The van der Waals surface area contributed by atoms with Gasteiger partial charge in [-0.1, -0.05) is 36.4 Å². The highest BCUT2D eigenvalue weighted by molar-refractivity contribution is 5.61. The monoisotopic (exact) mass is 385 g/mol. The number of aryl methyl sites for hydroxylation is 2. The van der Waals surface area contributed by atoms with Crippen LogP contribution >= 0.6 is 0 Å². The van der Waals surface area contributed by atoms with E-state index in [1.54, 1.807) is 0 Å². The molecule has 1 saturated heterocycles. The van der Waals surface area contributed by atoms with Crippen molar-refractivity contribution in [3.05, 3.63) is 71.2 Å². The topological polar surface area (TPSA) is 45.2 Å². The average Bonchev–Trinajstić information content (AvgIpc) is 3.23. The van der Waals surface area contributed by atoms with Crippen LogP contribution in [-0.4, -0.2) is 46.0 Å². The van der Waals surface area contributed by atoms with Crippen LogP contribution in [0.3, 0.4) is 0 Å². The summed E-state index contributed by atoms with van der Waals surface area (Å²) in [5.74, 6) is 2.03. The van der Waals surface area contributed by atoms with Crippen LogP contribution in [0.1, 0.15) is 29.1 Å². The molecule has 148 valence electrons. The first-order valence-electron chi connectivity index (χ1n) is 10.6. The third kappa shape index (κ3) is 3.87. The van der Waals surface area contributed by atoms with Gasteiger partial charge in [0.05, 0.1) is 5.69 Å². The molecule has 5 heteroatoms. The highest BCUT2D eigenvalue weighted by Gasteiger charge is 2.26. The van der Waals surface area contributed by atoms with Crippen LogP contribution in [0.25, 0.3) is 11.4 Å². The lowest BCUT2D eigenvalue weighted by molar-refractivity contribution is 0.246. The third-order valence-electron chi connectivity index (χ3n) is 5.95. The van der Waals surface area contributed by atoms with Crippen LogP contribution in [0.2, 0.25) is 0 Å². The van der Waals surface area contributed by atoms with Crippen LogP contribution in [-0.2, 0) is 19.4 Å². The fourth-order valence-electron chi connectivity index (χ4n) is 4.42. The number of aromatic nitrogens is 3. The number of fused-ring (bicyclic) bond motifs is 1. The van der Waals surface area contributed by atoms with Crippen molar-refractivity contribution in [1.82, 2.24) is 19.9 Å². The maximum atomic E-state index is 5.04. The maximum Gasteiger partial charge on any atom is 0.161 e. The van der Waals surface area contributed by atoms with Crippen LogP contribution in [0, 0.1) is 6.92 Å². The molecule has 0 spiro atoms. The van der Waals surface area contributed by atoms with Crippen LogP contribution in [0.15, 0.2) is 48.5 Å². The first-order chi connectivity index (χ1) is 14.3. The molecule has 1 fully saturated rings. The molecule has 0 N–H and O–H groups in total. The summed E-state index contributed by atoms with van der Waals surface area (Å²) in [6.07, 6.45) is 3.37. The summed E-state index contributed by atoms with van der Waals surface area (Å²) >= 11 is 0. The Morgan fingerprint density at radius 3 is 2.45 bits per heavy atom. The summed E-state index contributed by atoms with van der Waals surface area (Å²) in [5.41, 5.74) is 5.98. The van der Waals surface area contributed by atoms with Gasteiger partial charge in [0, 0.05) is 55.2 Å². The summed E-state index contributed by atoms with van der Waals surface area (Å²) < 4.78 is 0. The van der Waals surface area contributed by atoms with E-state index in [0.717, 1.165) is 68.3 Å². The van der Waals surface area contributed by atoms with Gasteiger partial charge in [0.1, 0.15) is 5.82 Å². The minimum absolute atomic E-state index is 0.868. The molecule has 3 aromatic rings. The Morgan fingerprint density at radius 2 is 1.66 bits per heavy atom. The van der Waals surface area contributed by atoms with Crippen molar-refractivity contribution in [2.24, 2.45) is 0 Å². The van der Waals surface area contributed by atoms with Crippen molar-refractivity contribution >= 4 is 5.82 Å². The molecule has 2 aliphatic rings. The molecule has 0 saturated carbocycles. The van der Waals surface area contributed by atoms with Crippen molar-refractivity contribution in [3.63, 3.8) is 0 Å². The van der Waals surface area contributed by atoms with Gasteiger partial charge in [-0.15, -0.1) is 0 Å². The highest BCUT2D eigenvalue weighted by atomic mass is 15.3. The molecule has 1 aromatic carbocycles. The zero-order valence-electron chi connectivity index (χ0n) is 17.0. The summed E-state index contributed by atoms with van der Waals surface area (Å²) in [7, 11) is 0. The molecular formula is C24H27N5. The predicted octanol–water partition coefficient (Wildman–Crippen LogP) is 3.66. The van der Waals surface area contributed by atoms with E-state index in [4.69, 9.17) is 9.97 Å². The molecule has 0 atom stereocenters. The van der Waals surface area contributed by atoms with Gasteiger partial charge in [0.15, 0.2) is 5.82 Å². The van der Waals surface area contributed by atoms with E-state index in [1.165, 1.54) is 23.5 Å². The smallest absolute Gasteiger partial charge is 0.161 e. The van der Waals surface area contributed by atoms with Crippen LogP contribution in [0.5, 0.6) is 0 Å². The molecule has 0 amide bonds. The van der Waals surface area contributed by atoms with Gasteiger partial charge in [0.25, 0.3) is 0 Å². The minimum atomic E-state index is 0.868. The highest BCUT2D eigenvalue weighted by Crippen LogP contribution is 2.32. The standard InChI is InChI=1S/C24H27N5/c1-18-7-5-10-20(25-18)17-28-13-15-29(16-14-28)24-21-11-6-12-22(21)26-23(27-24)19-8-3-2-4-9-19/h2-5,7-10H,6,11-17H2,1H3. The third-order valence-corrected chi connectivity index (χ3v) is 5.95. The number of anilines is 1. The molecule has 0 bridgehead atoms. The lowest BCUT2D eigenvalue weighted by Gasteiger charge is -2.36. The van der Waals surface area contributed by atoms with E-state index in [2.05, 4.69) is 64.2 Å². The molecule has 2 aromatic heterocycles. The zero-order chi connectivity index (χ0) is 19.6. The number of nitrogens with zero attached hydrogens (tertiary/aromatic N) is 5.